The summed E-state index contributed by atoms with van der Waals surface area (Å²) in [5, 5.41) is 9.71. The van der Waals surface area contributed by atoms with Crippen LogP contribution >= 0.6 is 11.8 Å². The molecule has 0 bridgehead atoms. The normalized spacial score (nSPS) is 15.8. The second-order valence-electron chi connectivity index (χ2n) is 5.91. The van der Waals surface area contributed by atoms with E-state index in [1.54, 1.807) is 12.1 Å². The number of nitrogens with zero attached hydrogens (tertiary/aromatic N) is 1. The van der Waals surface area contributed by atoms with Crippen molar-refractivity contribution in [3.8, 4) is 11.5 Å². The first kappa shape index (κ1) is 18.1. The summed E-state index contributed by atoms with van der Waals surface area (Å²) in [6, 6.07) is 12.5. The van der Waals surface area contributed by atoms with Gasteiger partial charge in [0.1, 0.15) is 11.5 Å². The monoisotopic (exact) mass is 369 g/mol. The largest absolute Gasteiger partial charge is 0.507 e. The Morgan fingerprint density at radius 2 is 1.88 bits per heavy atom. The summed E-state index contributed by atoms with van der Waals surface area (Å²) in [7, 11) is 0. The maximum Gasteiger partial charge on any atom is 0.293 e. The third-order valence-electron chi connectivity index (χ3n) is 3.93. The van der Waals surface area contributed by atoms with Crippen molar-refractivity contribution < 1.29 is 19.4 Å². The van der Waals surface area contributed by atoms with Crippen LogP contribution in [0.4, 0.5) is 4.79 Å². The average Bonchev–Trinajstić information content (AvgIpc) is 2.87. The Bertz CT molecular complexity index is 874. The molecule has 0 atom stereocenters. The maximum absolute atomic E-state index is 12.6. The lowest BCUT2D eigenvalue weighted by molar-refractivity contribution is -0.123. The second-order valence-corrected chi connectivity index (χ2v) is 6.90. The van der Waals surface area contributed by atoms with Gasteiger partial charge < -0.3 is 9.84 Å². The lowest BCUT2D eigenvalue weighted by Crippen LogP contribution is -2.27. The number of thioether (sulfide) groups is 1. The number of aryl methyl sites for hydroxylation is 1. The van der Waals surface area contributed by atoms with E-state index in [9.17, 15) is 14.7 Å². The molecule has 2 aromatic carbocycles. The molecule has 1 heterocycles. The first-order chi connectivity index (χ1) is 12.5. The van der Waals surface area contributed by atoms with E-state index in [1.807, 2.05) is 38.1 Å². The minimum Gasteiger partial charge on any atom is -0.507 e. The Kier molecular flexibility index (Phi) is 5.32. The highest BCUT2D eigenvalue weighted by Gasteiger charge is 2.35. The van der Waals surface area contributed by atoms with Crippen molar-refractivity contribution in [1.29, 1.82) is 0 Å². The number of phenolic OH excluding ortho intramolecular Hbond substituents is 1. The van der Waals surface area contributed by atoms with Gasteiger partial charge in [-0.15, -0.1) is 0 Å². The summed E-state index contributed by atoms with van der Waals surface area (Å²) in [5.74, 6) is 0.260. The lowest BCUT2D eigenvalue weighted by Gasteiger charge is -2.12. The lowest BCUT2D eigenvalue weighted by atomic mass is 10.1. The summed E-state index contributed by atoms with van der Waals surface area (Å²) in [5.41, 5.74) is 2.45. The van der Waals surface area contributed by atoms with Crippen LogP contribution < -0.4 is 4.74 Å². The third-order valence-corrected chi connectivity index (χ3v) is 4.84. The van der Waals surface area contributed by atoms with Crippen LogP contribution in [-0.2, 0) is 11.3 Å². The Hall–Kier alpha value is -2.73. The Morgan fingerprint density at radius 1 is 1.15 bits per heavy atom. The number of carbonyl (C=O) groups excluding carboxylic acids is 2. The molecular formula is C20H19NO4S. The molecule has 0 aromatic heterocycles. The van der Waals surface area contributed by atoms with Crippen molar-refractivity contribution >= 4 is 29.0 Å². The van der Waals surface area contributed by atoms with Gasteiger partial charge in [-0.25, -0.2) is 0 Å². The predicted molar refractivity (Wildman–Crippen MR) is 102 cm³/mol. The highest BCUT2D eigenvalue weighted by Crippen LogP contribution is 2.35. The summed E-state index contributed by atoms with van der Waals surface area (Å²) in [6.45, 7) is 4.57. The smallest absolute Gasteiger partial charge is 0.293 e. The number of amides is 2. The molecular weight excluding hydrogens is 350 g/mol. The molecule has 1 fully saturated rings. The fourth-order valence-corrected chi connectivity index (χ4v) is 3.39. The van der Waals surface area contributed by atoms with Gasteiger partial charge in [-0.1, -0.05) is 29.8 Å². The number of rotatable bonds is 5. The van der Waals surface area contributed by atoms with Crippen molar-refractivity contribution in [2.24, 2.45) is 0 Å². The van der Waals surface area contributed by atoms with Gasteiger partial charge in [0.25, 0.3) is 11.1 Å². The number of phenols is 1. The molecule has 1 aliphatic rings. The Balaban J connectivity index is 1.83. The SMILES string of the molecule is CCOc1ccc(O)c(/C=C2\SC(=O)N(Cc3ccc(C)cc3)C2=O)c1. The van der Waals surface area contributed by atoms with Crippen LogP contribution in [0.3, 0.4) is 0 Å². The molecule has 1 aliphatic heterocycles. The van der Waals surface area contributed by atoms with E-state index < -0.39 is 0 Å². The number of carbonyl (C=O) groups is 2. The first-order valence-corrected chi connectivity index (χ1v) is 9.06. The van der Waals surface area contributed by atoms with Gasteiger partial charge in [0.2, 0.25) is 0 Å². The Labute approximate surface area is 156 Å². The van der Waals surface area contributed by atoms with Crippen LogP contribution in [0.5, 0.6) is 11.5 Å². The van der Waals surface area contributed by atoms with E-state index >= 15 is 0 Å². The number of ether oxygens (including phenoxy) is 1. The minimum atomic E-state index is -0.359. The van der Waals surface area contributed by atoms with Gasteiger partial charge >= 0.3 is 0 Å². The van der Waals surface area contributed by atoms with Crippen molar-refractivity contribution in [1.82, 2.24) is 4.90 Å². The maximum atomic E-state index is 12.6. The highest BCUT2D eigenvalue weighted by molar-refractivity contribution is 8.18. The van der Waals surface area contributed by atoms with Gasteiger partial charge in [-0.2, -0.15) is 0 Å². The molecule has 1 N–H and O–H groups in total. The summed E-state index contributed by atoms with van der Waals surface area (Å²) in [4.78, 5) is 26.4. The van der Waals surface area contributed by atoms with E-state index in [1.165, 1.54) is 17.0 Å². The van der Waals surface area contributed by atoms with Gasteiger partial charge in [0.05, 0.1) is 18.1 Å². The quantitative estimate of drug-likeness (QED) is 0.795. The van der Waals surface area contributed by atoms with Gasteiger partial charge in [-0.05, 0) is 55.4 Å². The molecule has 1 saturated heterocycles. The van der Waals surface area contributed by atoms with Crippen LogP contribution in [0.15, 0.2) is 47.4 Å². The standard InChI is InChI=1S/C20H19NO4S/c1-3-25-16-8-9-17(22)15(10-16)11-18-19(23)21(20(24)26-18)12-14-6-4-13(2)5-7-14/h4-11,22H,3,12H2,1-2H3/b18-11-. The van der Waals surface area contributed by atoms with Crippen molar-refractivity contribution in [2.75, 3.05) is 6.61 Å². The molecule has 134 valence electrons. The molecule has 2 aromatic rings. The van der Waals surface area contributed by atoms with Gasteiger partial charge in [-0.3, -0.25) is 14.5 Å². The zero-order valence-electron chi connectivity index (χ0n) is 14.6. The molecule has 5 nitrogen and oxygen atoms in total. The molecule has 2 amide bonds. The Morgan fingerprint density at radius 3 is 2.58 bits per heavy atom. The average molecular weight is 369 g/mol. The molecule has 0 spiro atoms. The summed E-state index contributed by atoms with van der Waals surface area (Å²) < 4.78 is 5.41. The second kappa shape index (κ2) is 7.66. The molecule has 6 heteroatoms. The number of aromatic hydroxyl groups is 1. The predicted octanol–water partition coefficient (Wildman–Crippen LogP) is 4.34. The van der Waals surface area contributed by atoms with Crippen LogP contribution in [0.2, 0.25) is 0 Å². The molecule has 0 radical (unpaired) electrons. The minimum absolute atomic E-state index is 0.0267. The van der Waals surface area contributed by atoms with Crippen molar-refractivity contribution in [3.63, 3.8) is 0 Å². The van der Waals surface area contributed by atoms with E-state index in [4.69, 9.17) is 4.74 Å². The van der Waals surface area contributed by atoms with Crippen LogP contribution in [0, 0.1) is 6.92 Å². The van der Waals surface area contributed by atoms with E-state index in [-0.39, 0.29) is 28.3 Å². The zero-order valence-corrected chi connectivity index (χ0v) is 15.4. The zero-order chi connectivity index (χ0) is 18.7. The molecule has 26 heavy (non-hydrogen) atoms. The summed E-state index contributed by atoms with van der Waals surface area (Å²) in [6.07, 6.45) is 1.53. The highest BCUT2D eigenvalue weighted by atomic mass is 32.2. The topological polar surface area (TPSA) is 66.8 Å². The van der Waals surface area contributed by atoms with Crippen molar-refractivity contribution in [3.05, 3.63) is 64.1 Å². The fraction of sp³-hybridized carbons (Fsp3) is 0.200. The van der Waals surface area contributed by atoms with E-state index in [0.717, 1.165) is 22.9 Å². The van der Waals surface area contributed by atoms with Gasteiger partial charge in [0, 0.05) is 5.56 Å². The molecule has 0 saturated carbocycles. The van der Waals surface area contributed by atoms with Crippen LogP contribution in [-0.4, -0.2) is 27.8 Å². The number of hydrogen-bond donors (Lipinski definition) is 1. The van der Waals surface area contributed by atoms with Crippen LogP contribution in [0.25, 0.3) is 6.08 Å². The fourth-order valence-electron chi connectivity index (χ4n) is 2.56. The van der Waals surface area contributed by atoms with Crippen molar-refractivity contribution in [2.45, 2.75) is 20.4 Å². The van der Waals surface area contributed by atoms with Crippen LogP contribution in [0.1, 0.15) is 23.6 Å². The third kappa shape index (κ3) is 3.91. The molecule has 3 rings (SSSR count). The summed E-state index contributed by atoms with van der Waals surface area (Å²) >= 11 is 0.874. The van der Waals surface area contributed by atoms with E-state index in [2.05, 4.69) is 0 Å². The molecule has 0 aliphatic carbocycles. The number of benzene rings is 2. The first-order valence-electron chi connectivity index (χ1n) is 8.24. The number of hydrogen-bond acceptors (Lipinski definition) is 5. The number of imide groups is 1. The molecule has 0 unspecified atom stereocenters. The van der Waals surface area contributed by atoms with E-state index in [0.29, 0.717) is 17.9 Å². The van der Waals surface area contributed by atoms with Gasteiger partial charge in [0.15, 0.2) is 0 Å².